The van der Waals surface area contributed by atoms with Gasteiger partial charge in [0.05, 0.1) is 11.7 Å². The third-order valence-corrected chi connectivity index (χ3v) is 1.91. The van der Waals surface area contributed by atoms with Gasteiger partial charge < -0.3 is 0 Å². The minimum absolute atomic E-state index is 0.108. The summed E-state index contributed by atoms with van der Waals surface area (Å²) in [7, 11) is 0. The predicted molar refractivity (Wildman–Crippen MR) is 39.6 cm³/mol. The van der Waals surface area contributed by atoms with Crippen LogP contribution in [0.2, 0.25) is 0 Å². The zero-order valence-corrected chi connectivity index (χ0v) is 6.70. The van der Waals surface area contributed by atoms with Gasteiger partial charge in [-0.2, -0.15) is 0 Å². The van der Waals surface area contributed by atoms with E-state index in [1.165, 1.54) is 0 Å². The van der Waals surface area contributed by atoms with E-state index >= 15 is 0 Å². The van der Waals surface area contributed by atoms with Crippen molar-refractivity contribution in [2.45, 2.75) is 32.7 Å². The Morgan fingerprint density at radius 3 is 2.60 bits per heavy atom. The van der Waals surface area contributed by atoms with Crippen LogP contribution in [0.4, 0.5) is 0 Å². The van der Waals surface area contributed by atoms with Gasteiger partial charge in [-0.05, 0) is 20.3 Å². The molecule has 0 aromatic carbocycles. The van der Waals surface area contributed by atoms with Gasteiger partial charge in [0.15, 0.2) is 0 Å². The van der Waals surface area contributed by atoms with Gasteiger partial charge >= 0.3 is 0 Å². The number of hydrogen-bond acceptors (Lipinski definition) is 2. The van der Waals surface area contributed by atoms with E-state index in [4.69, 9.17) is 0 Å². The second-order valence-electron chi connectivity index (χ2n) is 3.01. The average Bonchev–Trinajstić information content (AvgIpc) is 2.38. The van der Waals surface area contributed by atoms with Gasteiger partial charge in [0.1, 0.15) is 0 Å². The normalized spacial score (nSPS) is 11.9. The van der Waals surface area contributed by atoms with Gasteiger partial charge in [-0.25, -0.2) is 4.68 Å². The summed E-state index contributed by atoms with van der Waals surface area (Å²) < 4.78 is 1.88. The topological polar surface area (TPSA) is 30.7 Å². The molecule has 0 saturated carbocycles. The molecule has 0 radical (unpaired) electrons. The van der Waals surface area contributed by atoms with Crippen molar-refractivity contribution < 1.29 is 0 Å². The van der Waals surface area contributed by atoms with Gasteiger partial charge in [0.2, 0.25) is 0 Å². The van der Waals surface area contributed by atoms with E-state index in [-0.39, 0.29) is 5.54 Å². The number of nitrogens with zero attached hydrogens (tertiary/aromatic N) is 3. The van der Waals surface area contributed by atoms with Gasteiger partial charge in [-0.15, -0.1) is 5.10 Å². The predicted octanol–water partition coefficient (Wildman–Crippen LogP) is 1.42. The fraction of sp³-hybridized carbons (Fsp3) is 0.714. The van der Waals surface area contributed by atoms with Gasteiger partial charge in [-0.3, -0.25) is 0 Å². The van der Waals surface area contributed by atoms with Crippen molar-refractivity contribution in [3.05, 3.63) is 12.4 Å². The highest BCUT2D eigenvalue weighted by Gasteiger charge is 2.16. The van der Waals surface area contributed by atoms with Crippen molar-refractivity contribution in [1.29, 1.82) is 0 Å². The van der Waals surface area contributed by atoms with E-state index in [0.29, 0.717) is 0 Å². The zero-order valence-electron chi connectivity index (χ0n) is 6.70. The molecule has 0 aliphatic heterocycles. The van der Waals surface area contributed by atoms with Gasteiger partial charge in [0.25, 0.3) is 0 Å². The van der Waals surface area contributed by atoms with E-state index in [0.717, 1.165) is 6.42 Å². The first kappa shape index (κ1) is 7.25. The Morgan fingerprint density at radius 2 is 2.20 bits per heavy atom. The lowest BCUT2D eigenvalue weighted by atomic mass is 10.0. The standard InChI is InChI=1S/C7H13N3/c1-4-7(2,3)10-6-5-8-9-10/h5-6H,4H2,1-3H3. The second kappa shape index (κ2) is 2.40. The first-order valence-corrected chi connectivity index (χ1v) is 3.53. The Bertz CT molecular complexity index is 189. The molecule has 3 nitrogen and oxygen atoms in total. The van der Waals surface area contributed by atoms with Crippen LogP contribution < -0.4 is 0 Å². The molecule has 1 aromatic rings. The summed E-state index contributed by atoms with van der Waals surface area (Å²) in [5.74, 6) is 0. The van der Waals surface area contributed by atoms with Crippen molar-refractivity contribution in [2.75, 3.05) is 0 Å². The van der Waals surface area contributed by atoms with E-state index in [9.17, 15) is 0 Å². The highest BCUT2D eigenvalue weighted by molar-refractivity contribution is 4.77. The first-order chi connectivity index (χ1) is 4.67. The lowest BCUT2D eigenvalue weighted by Crippen LogP contribution is -2.25. The molecule has 1 heterocycles. The molecular weight excluding hydrogens is 126 g/mol. The molecule has 0 atom stereocenters. The van der Waals surface area contributed by atoms with E-state index in [1.807, 2.05) is 10.9 Å². The third kappa shape index (κ3) is 1.17. The summed E-state index contributed by atoms with van der Waals surface area (Å²) in [6.45, 7) is 6.42. The molecule has 0 saturated heterocycles. The number of rotatable bonds is 2. The molecule has 0 bridgehead atoms. The molecule has 0 aliphatic carbocycles. The Morgan fingerprint density at radius 1 is 1.50 bits per heavy atom. The molecule has 0 spiro atoms. The summed E-state index contributed by atoms with van der Waals surface area (Å²) in [5, 5.41) is 7.67. The van der Waals surface area contributed by atoms with Crippen molar-refractivity contribution in [1.82, 2.24) is 15.0 Å². The van der Waals surface area contributed by atoms with Crippen LogP contribution in [0.3, 0.4) is 0 Å². The summed E-state index contributed by atoms with van der Waals surface area (Å²) in [6.07, 6.45) is 4.66. The monoisotopic (exact) mass is 139 g/mol. The lowest BCUT2D eigenvalue weighted by molar-refractivity contribution is 0.301. The Kier molecular flexibility index (Phi) is 1.74. The van der Waals surface area contributed by atoms with E-state index in [1.54, 1.807) is 6.20 Å². The summed E-state index contributed by atoms with van der Waals surface area (Å²) in [5.41, 5.74) is 0.108. The largest absolute Gasteiger partial charge is 0.247 e. The molecule has 0 fully saturated rings. The molecular formula is C7H13N3. The zero-order chi connectivity index (χ0) is 7.61. The maximum absolute atomic E-state index is 3.93. The van der Waals surface area contributed by atoms with Crippen LogP contribution in [0.15, 0.2) is 12.4 Å². The highest BCUT2D eigenvalue weighted by Crippen LogP contribution is 2.16. The van der Waals surface area contributed by atoms with Crippen molar-refractivity contribution >= 4 is 0 Å². The minimum Gasteiger partial charge on any atom is -0.247 e. The van der Waals surface area contributed by atoms with Crippen LogP contribution in [-0.2, 0) is 5.54 Å². The van der Waals surface area contributed by atoms with E-state index in [2.05, 4.69) is 31.1 Å². The van der Waals surface area contributed by atoms with E-state index < -0.39 is 0 Å². The van der Waals surface area contributed by atoms with Crippen LogP contribution in [0.25, 0.3) is 0 Å². The summed E-state index contributed by atoms with van der Waals surface area (Å²) in [4.78, 5) is 0. The number of hydrogen-bond donors (Lipinski definition) is 0. The van der Waals surface area contributed by atoms with Crippen molar-refractivity contribution in [2.24, 2.45) is 0 Å². The molecule has 10 heavy (non-hydrogen) atoms. The van der Waals surface area contributed by atoms with Gasteiger partial charge in [0, 0.05) is 6.20 Å². The maximum atomic E-state index is 3.93. The van der Waals surface area contributed by atoms with Crippen LogP contribution in [0, 0.1) is 0 Å². The Labute approximate surface area is 61.1 Å². The molecule has 0 aliphatic rings. The lowest BCUT2D eigenvalue weighted by Gasteiger charge is -2.21. The Hall–Kier alpha value is -0.860. The van der Waals surface area contributed by atoms with Crippen molar-refractivity contribution in [3.63, 3.8) is 0 Å². The molecule has 0 unspecified atom stereocenters. The molecule has 1 rings (SSSR count). The Balaban J connectivity index is 2.85. The first-order valence-electron chi connectivity index (χ1n) is 3.53. The maximum Gasteiger partial charge on any atom is 0.0693 e. The summed E-state index contributed by atoms with van der Waals surface area (Å²) in [6, 6.07) is 0. The average molecular weight is 139 g/mol. The smallest absolute Gasteiger partial charge is 0.0693 e. The molecule has 0 amide bonds. The fourth-order valence-corrected chi connectivity index (χ4v) is 0.693. The van der Waals surface area contributed by atoms with Gasteiger partial charge in [-0.1, -0.05) is 12.1 Å². The molecule has 3 heteroatoms. The van der Waals surface area contributed by atoms with Crippen LogP contribution in [0.5, 0.6) is 0 Å². The van der Waals surface area contributed by atoms with Crippen LogP contribution in [-0.4, -0.2) is 15.0 Å². The quantitative estimate of drug-likeness (QED) is 0.620. The second-order valence-corrected chi connectivity index (χ2v) is 3.01. The highest BCUT2D eigenvalue weighted by atomic mass is 15.4. The van der Waals surface area contributed by atoms with Crippen LogP contribution in [0.1, 0.15) is 27.2 Å². The third-order valence-electron chi connectivity index (χ3n) is 1.91. The number of aromatic nitrogens is 3. The molecule has 1 aromatic heterocycles. The fourth-order valence-electron chi connectivity index (χ4n) is 0.693. The molecule has 0 N–H and O–H groups in total. The van der Waals surface area contributed by atoms with Crippen LogP contribution >= 0.6 is 0 Å². The molecule has 56 valence electrons. The van der Waals surface area contributed by atoms with Crippen molar-refractivity contribution in [3.8, 4) is 0 Å². The summed E-state index contributed by atoms with van der Waals surface area (Å²) >= 11 is 0. The minimum atomic E-state index is 0.108. The SMILES string of the molecule is CCC(C)(C)n1ccnn1.